The summed E-state index contributed by atoms with van der Waals surface area (Å²) in [7, 11) is 1.37. The highest BCUT2D eigenvalue weighted by atomic mass is 16.5. The Morgan fingerprint density at radius 3 is 2.40 bits per heavy atom. The van der Waals surface area contributed by atoms with E-state index in [0.717, 1.165) is 5.56 Å². The van der Waals surface area contributed by atoms with Gasteiger partial charge in [-0.3, -0.25) is 0 Å². The van der Waals surface area contributed by atoms with Gasteiger partial charge in [0.2, 0.25) is 0 Å². The van der Waals surface area contributed by atoms with Crippen LogP contribution >= 0.6 is 0 Å². The standard InChI is InChI=1S/C12H17NO2/c1-12(2,3)10-6-5-8(13)7-9(10)11(14)15-4/h5-7H,13H2,1-4H3. The lowest BCUT2D eigenvalue weighted by molar-refractivity contribution is 0.0598. The number of anilines is 1. The molecule has 0 atom stereocenters. The Morgan fingerprint density at radius 2 is 1.93 bits per heavy atom. The van der Waals surface area contributed by atoms with Gasteiger partial charge in [-0.2, -0.15) is 0 Å². The van der Waals surface area contributed by atoms with E-state index in [1.807, 2.05) is 26.8 Å². The molecular weight excluding hydrogens is 190 g/mol. The topological polar surface area (TPSA) is 52.3 Å². The average Bonchev–Trinajstić information content (AvgIpc) is 2.14. The summed E-state index contributed by atoms with van der Waals surface area (Å²) in [5, 5.41) is 0. The highest BCUT2D eigenvalue weighted by Crippen LogP contribution is 2.27. The average molecular weight is 207 g/mol. The first kappa shape index (κ1) is 11.6. The summed E-state index contributed by atoms with van der Waals surface area (Å²) in [4.78, 5) is 11.6. The quantitative estimate of drug-likeness (QED) is 0.568. The molecule has 1 rings (SSSR count). The van der Waals surface area contributed by atoms with Crippen LogP contribution in [0.15, 0.2) is 18.2 Å². The smallest absolute Gasteiger partial charge is 0.338 e. The summed E-state index contributed by atoms with van der Waals surface area (Å²) in [6.07, 6.45) is 0. The first-order chi connectivity index (χ1) is 6.86. The molecule has 0 heterocycles. The van der Waals surface area contributed by atoms with Crippen LogP contribution in [-0.4, -0.2) is 13.1 Å². The highest BCUT2D eigenvalue weighted by Gasteiger charge is 2.22. The number of hydrogen-bond donors (Lipinski definition) is 1. The summed E-state index contributed by atoms with van der Waals surface area (Å²) < 4.78 is 4.73. The molecule has 0 aromatic heterocycles. The fourth-order valence-corrected chi connectivity index (χ4v) is 1.49. The minimum absolute atomic E-state index is 0.1000. The van der Waals surface area contributed by atoms with Gasteiger partial charge in [0.15, 0.2) is 0 Å². The Kier molecular flexibility index (Phi) is 3.03. The van der Waals surface area contributed by atoms with Gasteiger partial charge in [-0.05, 0) is 23.1 Å². The van der Waals surface area contributed by atoms with Crippen LogP contribution < -0.4 is 5.73 Å². The van der Waals surface area contributed by atoms with Crippen molar-refractivity contribution >= 4 is 11.7 Å². The number of nitrogen functional groups attached to an aromatic ring is 1. The largest absolute Gasteiger partial charge is 0.465 e. The van der Waals surface area contributed by atoms with Gasteiger partial charge in [0, 0.05) is 5.69 Å². The van der Waals surface area contributed by atoms with Crippen LogP contribution in [0.1, 0.15) is 36.7 Å². The molecule has 2 N–H and O–H groups in total. The van der Waals surface area contributed by atoms with Crippen LogP contribution in [0, 0.1) is 0 Å². The molecule has 0 saturated carbocycles. The maximum Gasteiger partial charge on any atom is 0.338 e. The Labute approximate surface area is 90.2 Å². The van der Waals surface area contributed by atoms with Gasteiger partial charge in [0.25, 0.3) is 0 Å². The summed E-state index contributed by atoms with van der Waals surface area (Å²) in [5.74, 6) is -0.341. The summed E-state index contributed by atoms with van der Waals surface area (Å²) in [5.41, 5.74) is 7.62. The molecular formula is C12H17NO2. The summed E-state index contributed by atoms with van der Waals surface area (Å²) in [6, 6.07) is 5.33. The molecule has 0 aliphatic rings. The van der Waals surface area contributed by atoms with Gasteiger partial charge in [0.05, 0.1) is 12.7 Å². The first-order valence-electron chi connectivity index (χ1n) is 4.84. The molecule has 1 aromatic carbocycles. The molecule has 0 saturated heterocycles. The molecule has 0 spiro atoms. The van der Waals surface area contributed by atoms with E-state index in [2.05, 4.69) is 0 Å². The van der Waals surface area contributed by atoms with E-state index in [1.165, 1.54) is 7.11 Å². The van der Waals surface area contributed by atoms with Crippen LogP contribution in [0.2, 0.25) is 0 Å². The summed E-state index contributed by atoms with van der Waals surface area (Å²) in [6.45, 7) is 6.14. The van der Waals surface area contributed by atoms with Gasteiger partial charge < -0.3 is 10.5 Å². The van der Waals surface area contributed by atoms with Crippen molar-refractivity contribution in [3.05, 3.63) is 29.3 Å². The second-order valence-corrected chi connectivity index (χ2v) is 4.55. The van der Waals surface area contributed by atoms with E-state index in [4.69, 9.17) is 10.5 Å². The number of benzene rings is 1. The van der Waals surface area contributed by atoms with Crippen LogP contribution in [0.4, 0.5) is 5.69 Å². The Morgan fingerprint density at radius 1 is 1.33 bits per heavy atom. The van der Waals surface area contributed by atoms with Crippen LogP contribution in [-0.2, 0) is 10.2 Å². The fraction of sp³-hybridized carbons (Fsp3) is 0.417. The molecule has 0 bridgehead atoms. The second kappa shape index (κ2) is 3.93. The number of rotatable bonds is 1. The van der Waals surface area contributed by atoms with Gasteiger partial charge in [0.1, 0.15) is 0 Å². The minimum atomic E-state index is -0.341. The molecule has 0 radical (unpaired) electrons. The number of esters is 1. The monoisotopic (exact) mass is 207 g/mol. The number of hydrogen-bond acceptors (Lipinski definition) is 3. The summed E-state index contributed by atoms with van der Waals surface area (Å²) >= 11 is 0. The lowest BCUT2D eigenvalue weighted by Gasteiger charge is -2.22. The molecule has 0 aliphatic heterocycles. The molecule has 0 amide bonds. The first-order valence-corrected chi connectivity index (χ1v) is 4.84. The van der Waals surface area contributed by atoms with Gasteiger partial charge in [-0.25, -0.2) is 4.79 Å². The molecule has 3 heteroatoms. The van der Waals surface area contributed by atoms with Crippen molar-refractivity contribution in [1.82, 2.24) is 0 Å². The van der Waals surface area contributed by atoms with Gasteiger partial charge in [-0.15, -0.1) is 0 Å². The molecule has 15 heavy (non-hydrogen) atoms. The third-order valence-corrected chi connectivity index (χ3v) is 2.26. The lowest BCUT2D eigenvalue weighted by atomic mass is 9.83. The maximum absolute atomic E-state index is 11.6. The third kappa shape index (κ3) is 2.49. The molecule has 0 unspecified atom stereocenters. The van der Waals surface area contributed by atoms with E-state index >= 15 is 0 Å². The predicted molar refractivity (Wildman–Crippen MR) is 60.9 cm³/mol. The SMILES string of the molecule is COC(=O)c1cc(N)ccc1C(C)(C)C. The van der Waals surface area contributed by atoms with Gasteiger partial charge >= 0.3 is 5.97 Å². The third-order valence-electron chi connectivity index (χ3n) is 2.26. The van der Waals surface area contributed by atoms with E-state index in [-0.39, 0.29) is 11.4 Å². The van der Waals surface area contributed by atoms with Crippen molar-refractivity contribution in [2.24, 2.45) is 0 Å². The Balaban J connectivity index is 3.33. The number of ether oxygens (including phenoxy) is 1. The van der Waals surface area contributed by atoms with Crippen molar-refractivity contribution in [2.45, 2.75) is 26.2 Å². The molecule has 1 aromatic rings. The van der Waals surface area contributed by atoms with Gasteiger partial charge in [-0.1, -0.05) is 26.8 Å². The molecule has 82 valence electrons. The number of methoxy groups -OCH3 is 1. The zero-order chi connectivity index (χ0) is 11.6. The maximum atomic E-state index is 11.6. The molecule has 3 nitrogen and oxygen atoms in total. The van der Waals surface area contributed by atoms with E-state index < -0.39 is 0 Å². The Hall–Kier alpha value is -1.51. The van der Waals surface area contributed by atoms with Crippen molar-refractivity contribution in [3.63, 3.8) is 0 Å². The zero-order valence-corrected chi connectivity index (χ0v) is 9.63. The van der Waals surface area contributed by atoms with Crippen molar-refractivity contribution < 1.29 is 9.53 Å². The number of nitrogens with two attached hydrogens (primary N) is 1. The fourth-order valence-electron chi connectivity index (χ4n) is 1.49. The van der Waals surface area contributed by atoms with E-state index in [9.17, 15) is 4.79 Å². The van der Waals surface area contributed by atoms with Crippen molar-refractivity contribution in [3.8, 4) is 0 Å². The number of carbonyl (C=O) groups excluding carboxylic acids is 1. The normalized spacial score (nSPS) is 11.2. The van der Waals surface area contributed by atoms with Crippen molar-refractivity contribution in [1.29, 1.82) is 0 Å². The predicted octanol–water partition coefficient (Wildman–Crippen LogP) is 2.35. The minimum Gasteiger partial charge on any atom is -0.465 e. The molecule has 0 fully saturated rings. The molecule has 0 aliphatic carbocycles. The Bertz CT molecular complexity index is 378. The highest BCUT2D eigenvalue weighted by molar-refractivity contribution is 5.92. The van der Waals surface area contributed by atoms with Crippen LogP contribution in [0.25, 0.3) is 0 Å². The van der Waals surface area contributed by atoms with Crippen LogP contribution in [0.5, 0.6) is 0 Å². The second-order valence-electron chi connectivity index (χ2n) is 4.55. The van der Waals surface area contributed by atoms with E-state index in [0.29, 0.717) is 11.3 Å². The van der Waals surface area contributed by atoms with Crippen molar-refractivity contribution in [2.75, 3.05) is 12.8 Å². The zero-order valence-electron chi connectivity index (χ0n) is 9.63. The van der Waals surface area contributed by atoms with Crippen LogP contribution in [0.3, 0.4) is 0 Å². The van der Waals surface area contributed by atoms with E-state index in [1.54, 1.807) is 12.1 Å². The number of carbonyl (C=O) groups is 1. The lowest BCUT2D eigenvalue weighted by Crippen LogP contribution is -2.18.